The van der Waals surface area contributed by atoms with E-state index in [4.69, 9.17) is 21.1 Å². The molecular weight excluding hydrogens is 624 g/mol. The van der Waals surface area contributed by atoms with Gasteiger partial charge < -0.3 is 14.4 Å². The lowest BCUT2D eigenvalue weighted by Gasteiger charge is -2.50. The molecule has 2 aromatic rings. The average molecular weight is 669 g/mol. The molecule has 6 atom stereocenters. The number of sulfonamides is 1. The SMILES string of the molecule is CO[C@@]1(CC(C)=O)/C=C\C[C@H](C)[C@@H](C)S(=O)(=O)NC(=O)c2ccc3c(c2)N(C[C@@H]2CC[C@H]21)C[C@@]1(CCCc2cc(Cl)ccc21)CO3. The number of ether oxygens (including phenoxy) is 2. The van der Waals surface area contributed by atoms with Crippen LogP contribution >= 0.6 is 11.6 Å². The van der Waals surface area contributed by atoms with Gasteiger partial charge in [-0.05, 0) is 112 Å². The molecule has 248 valence electrons. The summed E-state index contributed by atoms with van der Waals surface area (Å²) in [6.07, 6.45) is 9.49. The summed E-state index contributed by atoms with van der Waals surface area (Å²) in [5.74, 6) is 0.101. The highest BCUT2D eigenvalue weighted by Gasteiger charge is 2.49. The first-order valence-electron chi connectivity index (χ1n) is 16.5. The Morgan fingerprint density at radius 2 is 1.98 bits per heavy atom. The zero-order valence-electron chi connectivity index (χ0n) is 27.2. The largest absolute Gasteiger partial charge is 0.490 e. The van der Waals surface area contributed by atoms with Crippen LogP contribution in [0.15, 0.2) is 48.6 Å². The van der Waals surface area contributed by atoms with Crippen LogP contribution in [0.2, 0.25) is 5.02 Å². The zero-order valence-corrected chi connectivity index (χ0v) is 28.8. The Bertz CT molecular complexity index is 1660. The summed E-state index contributed by atoms with van der Waals surface area (Å²) in [6.45, 7) is 6.90. The second-order valence-corrected chi connectivity index (χ2v) is 16.5. The summed E-state index contributed by atoms with van der Waals surface area (Å²) in [4.78, 5) is 28.5. The second-order valence-electron chi connectivity index (χ2n) is 14.1. The van der Waals surface area contributed by atoms with Gasteiger partial charge in [0.25, 0.3) is 5.91 Å². The Hall–Kier alpha value is -2.88. The molecule has 2 bridgehead atoms. The van der Waals surface area contributed by atoms with Crippen molar-refractivity contribution in [2.45, 2.75) is 82.0 Å². The fourth-order valence-electron chi connectivity index (χ4n) is 8.22. The number of nitrogens with one attached hydrogen (secondary N) is 1. The van der Waals surface area contributed by atoms with Crippen LogP contribution in [0.3, 0.4) is 0 Å². The Morgan fingerprint density at radius 1 is 1.17 bits per heavy atom. The highest BCUT2D eigenvalue weighted by molar-refractivity contribution is 7.90. The maximum Gasteiger partial charge on any atom is 0.264 e. The van der Waals surface area contributed by atoms with Gasteiger partial charge in [0, 0.05) is 42.6 Å². The van der Waals surface area contributed by atoms with Crippen LogP contribution in [-0.4, -0.2) is 57.8 Å². The van der Waals surface area contributed by atoms with Crippen molar-refractivity contribution in [3.63, 3.8) is 0 Å². The maximum absolute atomic E-state index is 13.5. The fourth-order valence-corrected chi connectivity index (χ4v) is 9.70. The third kappa shape index (κ3) is 6.11. The number of hydrogen-bond donors (Lipinski definition) is 1. The van der Waals surface area contributed by atoms with Crippen LogP contribution in [-0.2, 0) is 31.4 Å². The van der Waals surface area contributed by atoms with Crippen molar-refractivity contribution in [3.8, 4) is 5.75 Å². The Labute approximate surface area is 277 Å². The van der Waals surface area contributed by atoms with Crippen LogP contribution in [0.25, 0.3) is 0 Å². The smallest absolute Gasteiger partial charge is 0.264 e. The second kappa shape index (κ2) is 12.6. The molecule has 10 heteroatoms. The molecular formula is C36H45ClN2O6S. The lowest BCUT2D eigenvalue weighted by molar-refractivity contribution is -0.129. The van der Waals surface area contributed by atoms with Gasteiger partial charge in [-0.2, -0.15) is 0 Å². The standard InChI is InChI=1S/C36H45ClN2O6S/c1-23-7-5-16-36(44-4,19-24(2)40)31-12-9-28(31)20-39-21-35(15-6-8-26-17-29(37)11-13-30(26)35)22-45-33-14-10-27(18-32(33)39)34(41)38-46(42,43)25(23)3/h5,10-11,13-14,16-18,23,25,28,31H,6-9,12,15,19-22H2,1-4H3,(H,38,41)/b16-5-/t23-,25+,28-,31+,35-,36+/m0/s1. The highest BCUT2D eigenvalue weighted by Crippen LogP contribution is 2.50. The number of ketones is 1. The number of carbonyl (C=O) groups is 2. The quantitative estimate of drug-likeness (QED) is 0.386. The Balaban J connectivity index is 1.47. The van der Waals surface area contributed by atoms with Crippen molar-refractivity contribution in [2.75, 3.05) is 31.7 Å². The topological polar surface area (TPSA) is 102 Å². The summed E-state index contributed by atoms with van der Waals surface area (Å²) < 4.78 is 41.9. The van der Waals surface area contributed by atoms with Crippen molar-refractivity contribution in [2.24, 2.45) is 17.8 Å². The molecule has 6 rings (SSSR count). The van der Waals surface area contributed by atoms with Gasteiger partial charge in [-0.3, -0.25) is 9.59 Å². The molecule has 2 aliphatic heterocycles. The number of Topliss-reactive ketones (excluding diaryl/α,β-unsaturated/α-hetero) is 1. The molecule has 1 saturated carbocycles. The number of nitrogens with zero attached hydrogens (tertiary/aromatic N) is 1. The molecule has 2 aliphatic carbocycles. The van der Waals surface area contributed by atoms with Crippen molar-refractivity contribution in [3.05, 3.63) is 70.3 Å². The van der Waals surface area contributed by atoms with Crippen LogP contribution in [0, 0.1) is 17.8 Å². The van der Waals surface area contributed by atoms with E-state index in [9.17, 15) is 18.0 Å². The molecule has 1 fully saturated rings. The predicted octanol–water partition coefficient (Wildman–Crippen LogP) is 6.25. The lowest BCUT2D eigenvalue weighted by atomic mass is 9.62. The molecule has 1 spiro atoms. The third-order valence-electron chi connectivity index (χ3n) is 11.1. The number of halogens is 1. The van der Waals surface area contributed by atoms with Crippen molar-refractivity contribution in [1.29, 1.82) is 0 Å². The van der Waals surface area contributed by atoms with Gasteiger partial charge in [0.1, 0.15) is 11.5 Å². The van der Waals surface area contributed by atoms with E-state index in [1.54, 1.807) is 39.2 Å². The van der Waals surface area contributed by atoms with Crippen LogP contribution in [0.1, 0.15) is 80.8 Å². The monoisotopic (exact) mass is 668 g/mol. The molecule has 0 aromatic heterocycles. The number of rotatable bonds is 3. The molecule has 0 saturated heterocycles. The molecule has 1 amide bonds. The van der Waals surface area contributed by atoms with Gasteiger partial charge in [-0.25, -0.2) is 13.1 Å². The number of aryl methyl sites for hydroxylation is 1. The van der Waals surface area contributed by atoms with Crippen molar-refractivity contribution in [1.82, 2.24) is 4.72 Å². The molecule has 2 heterocycles. The van der Waals surface area contributed by atoms with Crippen LogP contribution < -0.4 is 14.4 Å². The number of carbonyl (C=O) groups excluding carboxylic acids is 2. The average Bonchev–Trinajstić information content (AvgIpc) is 3.14. The Morgan fingerprint density at radius 3 is 2.70 bits per heavy atom. The number of hydrogen-bond acceptors (Lipinski definition) is 7. The van der Waals surface area contributed by atoms with Crippen molar-refractivity contribution >= 4 is 39.0 Å². The van der Waals surface area contributed by atoms with E-state index in [1.807, 2.05) is 25.1 Å². The summed E-state index contributed by atoms with van der Waals surface area (Å²) >= 11 is 6.43. The first-order chi connectivity index (χ1) is 21.9. The highest BCUT2D eigenvalue weighted by atomic mass is 35.5. The number of allylic oxidation sites excluding steroid dienone is 1. The summed E-state index contributed by atoms with van der Waals surface area (Å²) in [5, 5.41) is -0.102. The molecule has 1 N–H and O–H groups in total. The number of amides is 1. The lowest BCUT2D eigenvalue weighted by Crippen LogP contribution is -2.53. The van der Waals surface area contributed by atoms with Gasteiger partial charge in [-0.15, -0.1) is 0 Å². The number of fused-ring (bicyclic) bond motifs is 4. The minimum atomic E-state index is -3.97. The van der Waals surface area contributed by atoms with Crippen LogP contribution in [0.5, 0.6) is 5.75 Å². The van der Waals surface area contributed by atoms with E-state index < -0.39 is 26.8 Å². The minimum Gasteiger partial charge on any atom is -0.490 e. The van der Waals surface area contributed by atoms with Gasteiger partial charge in [0.15, 0.2) is 0 Å². The summed E-state index contributed by atoms with van der Waals surface area (Å²) in [6, 6.07) is 11.4. The van der Waals surface area contributed by atoms with E-state index in [1.165, 1.54) is 11.1 Å². The number of anilines is 1. The molecule has 0 radical (unpaired) electrons. The zero-order chi connectivity index (χ0) is 32.9. The van der Waals surface area contributed by atoms with Gasteiger partial charge in [-0.1, -0.05) is 36.7 Å². The van der Waals surface area contributed by atoms with Gasteiger partial charge in [0.05, 0.1) is 23.1 Å². The summed E-state index contributed by atoms with van der Waals surface area (Å²) in [7, 11) is -2.30. The van der Waals surface area contributed by atoms with Crippen LogP contribution in [0.4, 0.5) is 5.69 Å². The molecule has 4 aliphatic rings. The van der Waals surface area contributed by atoms with Crippen molar-refractivity contribution < 1.29 is 27.5 Å². The molecule has 0 unspecified atom stereocenters. The van der Waals surface area contributed by atoms with E-state index in [0.29, 0.717) is 31.9 Å². The van der Waals surface area contributed by atoms with Gasteiger partial charge in [0.2, 0.25) is 10.0 Å². The Kier molecular flexibility index (Phi) is 9.06. The van der Waals surface area contributed by atoms with E-state index >= 15 is 0 Å². The van der Waals surface area contributed by atoms with E-state index in [2.05, 4.69) is 21.8 Å². The summed E-state index contributed by atoms with van der Waals surface area (Å²) in [5.41, 5.74) is 2.43. The predicted molar refractivity (Wildman–Crippen MR) is 180 cm³/mol. The molecule has 46 heavy (non-hydrogen) atoms. The number of methoxy groups -OCH3 is 1. The van der Waals surface area contributed by atoms with E-state index in [0.717, 1.165) is 42.8 Å². The number of benzene rings is 2. The maximum atomic E-state index is 13.5. The van der Waals surface area contributed by atoms with Gasteiger partial charge >= 0.3 is 0 Å². The van der Waals surface area contributed by atoms with E-state index in [-0.39, 0.29) is 40.9 Å². The third-order valence-corrected chi connectivity index (χ3v) is 13.3. The first-order valence-corrected chi connectivity index (χ1v) is 18.4. The minimum absolute atomic E-state index is 0.0489. The molecule has 8 nitrogen and oxygen atoms in total. The molecule has 2 aromatic carbocycles. The normalized spacial score (nSPS) is 33.0. The fraction of sp³-hybridized carbons (Fsp3) is 0.556. The first kappa shape index (κ1) is 33.0.